The third kappa shape index (κ3) is 1.00. The fourth-order valence-corrected chi connectivity index (χ4v) is 1.21. The molecule has 0 bridgehead atoms. The van der Waals surface area contributed by atoms with Crippen molar-refractivity contribution in [3.63, 3.8) is 0 Å². The van der Waals surface area contributed by atoms with E-state index in [-0.39, 0.29) is 0 Å². The van der Waals surface area contributed by atoms with Gasteiger partial charge in [0.05, 0.1) is 12.8 Å². The summed E-state index contributed by atoms with van der Waals surface area (Å²) in [6.07, 6.45) is 5.14. The van der Waals surface area contributed by atoms with Gasteiger partial charge in [0.15, 0.2) is 0 Å². The van der Waals surface area contributed by atoms with E-state index < -0.39 is 0 Å². The predicted octanol–water partition coefficient (Wildman–Crippen LogP) is 1.66. The number of ether oxygens (including phenoxy) is 1. The van der Waals surface area contributed by atoms with Crippen LogP contribution in [0.3, 0.4) is 0 Å². The Morgan fingerprint density at radius 1 is 1.45 bits per heavy atom. The smallest absolute Gasteiger partial charge is 0.213 e. The summed E-state index contributed by atoms with van der Waals surface area (Å²) in [7, 11) is 1.63. The molecule has 0 aliphatic heterocycles. The molecule has 1 aromatic heterocycles. The van der Waals surface area contributed by atoms with Gasteiger partial charge in [-0.3, -0.25) is 0 Å². The summed E-state index contributed by atoms with van der Waals surface area (Å²) in [5, 5.41) is 0. The van der Waals surface area contributed by atoms with Gasteiger partial charge in [-0.15, -0.1) is 0 Å². The molecule has 0 N–H and O–H groups in total. The van der Waals surface area contributed by atoms with Crippen LogP contribution in [0.25, 0.3) is 6.08 Å². The molecule has 0 spiro atoms. The highest BCUT2D eigenvalue weighted by molar-refractivity contribution is 5.56. The molecule has 1 heterocycles. The first-order chi connectivity index (χ1) is 5.40. The zero-order chi connectivity index (χ0) is 7.68. The zero-order valence-electron chi connectivity index (χ0n) is 6.37. The Balaban J connectivity index is 2.47. The lowest BCUT2D eigenvalue weighted by Gasteiger charge is -2.00. The van der Waals surface area contributed by atoms with Crippen LogP contribution in [0.1, 0.15) is 11.3 Å². The predicted molar refractivity (Wildman–Crippen MR) is 43.5 cm³/mol. The van der Waals surface area contributed by atoms with E-state index in [4.69, 9.17) is 4.74 Å². The molecule has 0 saturated heterocycles. The zero-order valence-corrected chi connectivity index (χ0v) is 6.37. The maximum absolute atomic E-state index is 4.99. The van der Waals surface area contributed by atoms with Gasteiger partial charge in [-0.2, -0.15) is 0 Å². The van der Waals surface area contributed by atoms with Gasteiger partial charge in [0, 0.05) is 6.07 Å². The minimum absolute atomic E-state index is 0.690. The van der Waals surface area contributed by atoms with Crippen LogP contribution in [0.2, 0.25) is 0 Å². The number of allylic oxidation sites excluding steroid dienone is 1. The van der Waals surface area contributed by atoms with Crippen LogP contribution in [0.5, 0.6) is 5.88 Å². The van der Waals surface area contributed by atoms with E-state index in [1.54, 1.807) is 7.11 Å². The number of methoxy groups -OCH3 is 1. The summed E-state index contributed by atoms with van der Waals surface area (Å²) in [5.74, 6) is 0.690. The van der Waals surface area contributed by atoms with E-state index >= 15 is 0 Å². The second-order valence-corrected chi connectivity index (χ2v) is 2.50. The Labute approximate surface area is 65.5 Å². The van der Waals surface area contributed by atoms with Crippen molar-refractivity contribution in [2.45, 2.75) is 6.42 Å². The molecule has 2 nitrogen and oxygen atoms in total. The van der Waals surface area contributed by atoms with E-state index in [0.29, 0.717) is 5.88 Å². The van der Waals surface area contributed by atoms with Crippen molar-refractivity contribution in [2.24, 2.45) is 0 Å². The molecule has 0 aromatic carbocycles. The number of hydrogen-bond donors (Lipinski definition) is 0. The Bertz CT molecular complexity index is 304. The number of pyridine rings is 1. The first-order valence-corrected chi connectivity index (χ1v) is 3.60. The quantitative estimate of drug-likeness (QED) is 0.602. The highest BCUT2D eigenvalue weighted by Gasteiger charge is 2.06. The summed E-state index contributed by atoms with van der Waals surface area (Å²) in [4.78, 5) is 4.26. The molecule has 2 rings (SSSR count). The lowest BCUT2D eigenvalue weighted by Crippen LogP contribution is -1.91. The lowest BCUT2D eigenvalue weighted by atomic mass is 10.2. The van der Waals surface area contributed by atoms with Crippen LogP contribution in [0.4, 0.5) is 0 Å². The summed E-state index contributed by atoms with van der Waals surface area (Å²) in [6, 6.07) is 3.95. The highest BCUT2D eigenvalue weighted by Crippen LogP contribution is 2.19. The van der Waals surface area contributed by atoms with Crippen molar-refractivity contribution in [1.29, 1.82) is 0 Å². The maximum atomic E-state index is 4.99. The molecule has 1 aliphatic rings. The molecule has 0 amide bonds. The molecule has 1 aliphatic carbocycles. The number of nitrogens with zero attached hydrogens (tertiary/aromatic N) is 1. The topological polar surface area (TPSA) is 22.1 Å². The highest BCUT2D eigenvalue weighted by atomic mass is 16.5. The molecule has 0 unspecified atom stereocenters. The largest absolute Gasteiger partial charge is 0.481 e. The van der Waals surface area contributed by atoms with E-state index in [1.807, 2.05) is 12.1 Å². The molecule has 0 radical (unpaired) electrons. The second kappa shape index (κ2) is 2.38. The maximum Gasteiger partial charge on any atom is 0.213 e. The van der Waals surface area contributed by atoms with Crippen LogP contribution in [0.15, 0.2) is 18.2 Å². The van der Waals surface area contributed by atoms with Gasteiger partial charge in [0.2, 0.25) is 5.88 Å². The Kier molecular flexibility index (Phi) is 1.39. The number of fused-ring (bicyclic) bond motifs is 1. The Hall–Kier alpha value is -1.31. The first kappa shape index (κ1) is 6.40. The normalized spacial score (nSPS) is 13.2. The molecule has 2 heteroatoms. The SMILES string of the molecule is COc1ccc2c(n1)C=CC2. The first-order valence-electron chi connectivity index (χ1n) is 3.60. The average Bonchev–Trinajstić information content (AvgIpc) is 2.50. The van der Waals surface area contributed by atoms with Crippen LogP contribution < -0.4 is 4.74 Å². The minimum Gasteiger partial charge on any atom is -0.481 e. The van der Waals surface area contributed by atoms with Crippen molar-refractivity contribution < 1.29 is 4.74 Å². The minimum atomic E-state index is 0.690. The van der Waals surface area contributed by atoms with Gasteiger partial charge >= 0.3 is 0 Å². The standard InChI is InChI=1S/C9H9NO/c1-11-9-6-5-7-3-2-4-8(7)10-9/h2,4-6H,3H2,1H3. The number of hydrogen-bond acceptors (Lipinski definition) is 2. The van der Waals surface area contributed by atoms with Gasteiger partial charge in [-0.05, 0) is 18.1 Å². The van der Waals surface area contributed by atoms with Gasteiger partial charge in [0.25, 0.3) is 0 Å². The Morgan fingerprint density at radius 3 is 3.18 bits per heavy atom. The molecule has 0 saturated carbocycles. The van der Waals surface area contributed by atoms with Gasteiger partial charge < -0.3 is 4.74 Å². The Morgan fingerprint density at radius 2 is 2.36 bits per heavy atom. The summed E-state index contributed by atoms with van der Waals surface area (Å²) in [5.41, 5.74) is 2.33. The van der Waals surface area contributed by atoms with Crippen molar-refractivity contribution in [1.82, 2.24) is 4.98 Å². The van der Waals surface area contributed by atoms with E-state index in [1.165, 1.54) is 5.56 Å². The second-order valence-electron chi connectivity index (χ2n) is 2.50. The molecule has 1 aromatic rings. The molecule has 0 fully saturated rings. The fourth-order valence-electron chi connectivity index (χ4n) is 1.21. The van der Waals surface area contributed by atoms with E-state index in [0.717, 1.165) is 12.1 Å². The van der Waals surface area contributed by atoms with Gasteiger partial charge in [0.1, 0.15) is 0 Å². The van der Waals surface area contributed by atoms with Crippen molar-refractivity contribution in [3.8, 4) is 5.88 Å². The monoisotopic (exact) mass is 147 g/mol. The molecular formula is C9H9NO. The van der Waals surface area contributed by atoms with Gasteiger partial charge in [-0.1, -0.05) is 12.1 Å². The summed E-state index contributed by atoms with van der Waals surface area (Å²) in [6.45, 7) is 0. The molecule has 0 atom stereocenters. The van der Waals surface area contributed by atoms with Crippen molar-refractivity contribution in [2.75, 3.05) is 7.11 Å². The van der Waals surface area contributed by atoms with Crippen LogP contribution in [0, 0.1) is 0 Å². The van der Waals surface area contributed by atoms with E-state index in [2.05, 4.69) is 17.1 Å². The van der Waals surface area contributed by atoms with Crippen molar-refractivity contribution >= 4 is 6.08 Å². The van der Waals surface area contributed by atoms with Crippen molar-refractivity contribution in [3.05, 3.63) is 29.5 Å². The molecule has 11 heavy (non-hydrogen) atoms. The fraction of sp³-hybridized carbons (Fsp3) is 0.222. The van der Waals surface area contributed by atoms with Gasteiger partial charge in [-0.25, -0.2) is 4.98 Å². The third-order valence-corrected chi connectivity index (χ3v) is 1.81. The average molecular weight is 147 g/mol. The summed E-state index contributed by atoms with van der Waals surface area (Å²) < 4.78 is 4.99. The number of rotatable bonds is 1. The van der Waals surface area contributed by atoms with Crippen LogP contribution in [-0.4, -0.2) is 12.1 Å². The molecule has 56 valence electrons. The number of aromatic nitrogens is 1. The van der Waals surface area contributed by atoms with Crippen LogP contribution >= 0.6 is 0 Å². The van der Waals surface area contributed by atoms with E-state index in [9.17, 15) is 0 Å². The summed E-state index contributed by atoms with van der Waals surface area (Å²) >= 11 is 0. The van der Waals surface area contributed by atoms with Crippen LogP contribution in [-0.2, 0) is 6.42 Å². The molecular weight excluding hydrogens is 138 g/mol. The third-order valence-electron chi connectivity index (χ3n) is 1.81. The lowest BCUT2D eigenvalue weighted by molar-refractivity contribution is 0.397.